The monoisotopic (exact) mass is 844 g/mol. The molecule has 3 N–H and O–H groups in total. The minimum Gasteiger partial charge on any atom is -0.497 e. The van der Waals surface area contributed by atoms with Crippen molar-refractivity contribution >= 4 is 56.3 Å². The lowest BCUT2D eigenvalue weighted by atomic mass is 10.0. The van der Waals surface area contributed by atoms with Crippen LogP contribution in [0.4, 0.5) is 34.1 Å². The molecule has 0 bridgehead atoms. The number of anilines is 2. The zero-order chi connectivity index (χ0) is 44.1. The fraction of sp³-hybridized carbons (Fsp3) is 0.273. The number of nitrogens with zero attached hydrogens (tertiary/aromatic N) is 4. The quantitative estimate of drug-likeness (QED) is 0.0953. The molecule has 0 aliphatic rings. The molecule has 1 amide bonds. The standard InChI is InChI=1S/C22H21F2N3O3.C18H16FN3O.C4H7ClO2/c1-4-8-30-22(28)26-20-17(23)9-13(10-18(20)24)21-16(12-25)15-7-6-14(29-3)11-19(15)27(21)5-2;1-3-22-17-9-12(23-2)5-6-13(17)14(10-20)18(22)11-4-7-16(21)15(19)8-11;1-2-3-7-4(5)6/h6-7,9-11H,4-5,8H2,1-3H3,(H,26,28);4-9H,3,21H2,1-2H3;2-3H2,1H3. The number of amides is 1. The first-order valence-electron chi connectivity index (χ1n) is 18.8. The van der Waals surface area contributed by atoms with E-state index in [-0.39, 0.29) is 17.9 Å². The molecule has 0 saturated heterocycles. The van der Waals surface area contributed by atoms with Crippen molar-refractivity contribution in [3.63, 3.8) is 0 Å². The van der Waals surface area contributed by atoms with Gasteiger partial charge in [-0.15, -0.1) is 0 Å². The number of aromatic nitrogens is 2. The van der Waals surface area contributed by atoms with Crippen molar-refractivity contribution in [2.45, 2.75) is 53.6 Å². The van der Waals surface area contributed by atoms with Crippen LogP contribution in [-0.2, 0) is 22.6 Å². The van der Waals surface area contributed by atoms with Crippen LogP contribution in [0.1, 0.15) is 51.7 Å². The number of nitrogen functional groups attached to an aromatic ring is 1. The molecule has 4 aromatic carbocycles. The molecule has 12 nitrogen and oxygen atoms in total. The van der Waals surface area contributed by atoms with E-state index in [2.05, 4.69) is 22.2 Å². The Hall–Kier alpha value is -6.84. The van der Waals surface area contributed by atoms with Gasteiger partial charge in [-0.25, -0.2) is 22.8 Å². The Morgan fingerprint density at radius 1 is 0.700 bits per heavy atom. The van der Waals surface area contributed by atoms with Crippen LogP contribution in [0.3, 0.4) is 0 Å². The molecule has 0 radical (unpaired) electrons. The first kappa shape index (κ1) is 45.9. The zero-order valence-electron chi connectivity index (χ0n) is 33.9. The number of hydrogen-bond acceptors (Lipinski definition) is 9. The molecule has 6 aromatic rings. The van der Waals surface area contributed by atoms with Crippen LogP contribution < -0.4 is 20.5 Å². The van der Waals surface area contributed by atoms with Crippen molar-refractivity contribution < 1.29 is 41.7 Å². The number of fused-ring (bicyclic) bond motifs is 2. The SMILES string of the molecule is CCCOC(=O)Cl.CCCOC(=O)Nc1c(F)cc(-c2c(C#N)c3ccc(OC)cc3n2CC)cc1F.CCn1c(-c2ccc(N)c(F)c2)c(C#N)c2ccc(OC)cc21. The van der Waals surface area contributed by atoms with Gasteiger partial charge in [-0.3, -0.25) is 5.32 Å². The van der Waals surface area contributed by atoms with Gasteiger partial charge in [0, 0.05) is 58.7 Å². The van der Waals surface area contributed by atoms with Crippen molar-refractivity contribution in [1.29, 1.82) is 10.5 Å². The van der Waals surface area contributed by atoms with Gasteiger partial charge in [0.15, 0.2) is 11.6 Å². The van der Waals surface area contributed by atoms with E-state index in [1.807, 2.05) is 43.5 Å². The molecule has 0 aliphatic carbocycles. The minimum absolute atomic E-state index is 0.0908. The second-order valence-corrected chi connectivity index (χ2v) is 13.1. The molecule has 0 aliphatic heterocycles. The fourth-order valence-electron chi connectivity index (χ4n) is 6.41. The summed E-state index contributed by atoms with van der Waals surface area (Å²) in [6.45, 7) is 9.23. The minimum atomic E-state index is -0.965. The second-order valence-electron chi connectivity index (χ2n) is 12.8. The third-order valence-electron chi connectivity index (χ3n) is 9.07. The Kier molecular flexibility index (Phi) is 16.2. The maximum Gasteiger partial charge on any atom is 0.411 e. The van der Waals surface area contributed by atoms with Crippen LogP contribution in [0.25, 0.3) is 44.3 Å². The van der Waals surface area contributed by atoms with Gasteiger partial charge in [-0.05, 0) is 75.2 Å². The lowest BCUT2D eigenvalue weighted by molar-refractivity contribution is 0.161. The number of hydrogen-bond donors (Lipinski definition) is 2. The Morgan fingerprint density at radius 2 is 1.17 bits per heavy atom. The molecule has 0 spiro atoms. The Morgan fingerprint density at radius 3 is 1.57 bits per heavy atom. The third kappa shape index (κ3) is 10.2. The number of nitrogens with one attached hydrogen (secondary N) is 1. The van der Waals surface area contributed by atoms with Gasteiger partial charge in [-0.1, -0.05) is 19.9 Å². The summed E-state index contributed by atoms with van der Waals surface area (Å²) in [5, 5.41) is 22.9. The Bertz CT molecular complexity index is 2570. The van der Waals surface area contributed by atoms with Gasteiger partial charge in [0.25, 0.3) is 0 Å². The molecular formula is C44H44ClF3N6O6. The van der Waals surface area contributed by atoms with Crippen LogP contribution in [0, 0.1) is 40.1 Å². The Balaban J connectivity index is 0.000000234. The summed E-state index contributed by atoms with van der Waals surface area (Å²) in [7, 11) is 3.14. The van der Waals surface area contributed by atoms with Crippen molar-refractivity contribution in [1.82, 2.24) is 9.13 Å². The maximum absolute atomic E-state index is 14.7. The lowest BCUT2D eigenvalue weighted by Gasteiger charge is -2.12. The highest BCUT2D eigenvalue weighted by atomic mass is 35.5. The van der Waals surface area contributed by atoms with E-state index >= 15 is 0 Å². The van der Waals surface area contributed by atoms with E-state index < -0.39 is 34.7 Å². The largest absolute Gasteiger partial charge is 0.497 e. The van der Waals surface area contributed by atoms with Gasteiger partial charge in [-0.2, -0.15) is 10.5 Å². The maximum atomic E-state index is 14.7. The summed E-state index contributed by atoms with van der Waals surface area (Å²) in [4.78, 5) is 21.4. The topological polar surface area (TPSA) is 167 Å². The number of rotatable bonds is 11. The first-order chi connectivity index (χ1) is 28.8. The van der Waals surface area contributed by atoms with Gasteiger partial charge in [0.1, 0.15) is 35.1 Å². The molecule has 2 heterocycles. The summed E-state index contributed by atoms with van der Waals surface area (Å²) in [5.41, 5.74) is 8.65. The molecule has 16 heteroatoms. The van der Waals surface area contributed by atoms with Crippen molar-refractivity contribution in [3.8, 4) is 46.2 Å². The van der Waals surface area contributed by atoms with E-state index in [0.29, 0.717) is 71.1 Å². The molecule has 60 heavy (non-hydrogen) atoms. The van der Waals surface area contributed by atoms with Crippen LogP contribution in [0.15, 0.2) is 66.7 Å². The molecular weight excluding hydrogens is 801 g/mol. The van der Waals surface area contributed by atoms with E-state index in [0.717, 1.165) is 35.0 Å². The normalized spacial score (nSPS) is 10.4. The number of halogens is 4. The third-order valence-corrected chi connectivity index (χ3v) is 9.18. The van der Waals surface area contributed by atoms with Crippen molar-refractivity contribution in [2.24, 2.45) is 0 Å². The van der Waals surface area contributed by atoms with Crippen LogP contribution in [0.5, 0.6) is 11.5 Å². The smallest absolute Gasteiger partial charge is 0.411 e. The molecule has 0 fully saturated rings. The number of ether oxygens (including phenoxy) is 4. The highest BCUT2D eigenvalue weighted by Gasteiger charge is 2.23. The van der Waals surface area contributed by atoms with E-state index in [4.69, 9.17) is 31.5 Å². The van der Waals surface area contributed by atoms with E-state index in [1.54, 1.807) is 42.9 Å². The molecule has 6 rings (SSSR count). The molecule has 0 atom stereocenters. The van der Waals surface area contributed by atoms with E-state index in [1.165, 1.54) is 19.2 Å². The van der Waals surface area contributed by atoms with Gasteiger partial charge >= 0.3 is 11.5 Å². The first-order valence-corrected chi connectivity index (χ1v) is 19.2. The van der Waals surface area contributed by atoms with Crippen molar-refractivity contribution in [2.75, 3.05) is 38.5 Å². The van der Waals surface area contributed by atoms with Crippen LogP contribution in [0.2, 0.25) is 0 Å². The van der Waals surface area contributed by atoms with Gasteiger partial charge in [0.2, 0.25) is 0 Å². The molecule has 0 saturated carbocycles. The molecule has 314 valence electrons. The number of benzene rings is 4. The number of carbonyl (C=O) groups is 2. The predicted molar refractivity (Wildman–Crippen MR) is 226 cm³/mol. The number of nitrogens with two attached hydrogens (primary N) is 1. The van der Waals surface area contributed by atoms with E-state index in [9.17, 15) is 33.3 Å². The van der Waals surface area contributed by atoms with Gasteiger partial charge < -0.3 is 33.8 Å². The summed E-state index contributed by atoms with van der Waals surface area (Å²) in [5.74, 6) is -1.10. The number of aryl methyl sites for hydroxylation is 2. The number of nitriles is 2. The number of carbonyl (C=O) groups excluding carboxylic acids is 2. The average molecular weight is 845 g/mol. The predicted octanol–water partition coefficient (Wildman–Crippen LogP) is 11.1. The fourth-order valence-corrected chi connectivity index (χ4v) is 6.49. The summed E-state index contributed by atoms with van der Waals surface area (Å²) < 4.78 is 66.7. The summed E-state index contributed by atoms with van der Waals surface area (Å²) in [6.07, 6.45) is 0.467. The highest BCUT2D eigenvalue weighted by Crippen LogP contribution is 2.38. The van der Waals surface area contributed by atoms with Crippen molar-refractivity contribution in [3.05, 3.63) is 95.3 Å². The molecule has 2 aromatic heterocycles. The second kappa shape index (κ2) is 21.2. The zero-order valence-corrected chi connectivity index (χ0v) is 34.7. The molecule has 0 unspecified atom stereocenters. The van der Waals surface area contributed by atoms with Gasteiger partial charge in [0.05, 0.1) is 66.7 Å². The average Bonchev–Trinajstić information content (AvgIpc) is 3.75. The number of methoxy groups -OCH3 is 2. The summed E-state index contributed by atoms with van der Waals surface area (Å²) >= 11 is 4.80. The van der Waals surface area contributed by atoms with Crippen LogP contribution in [-0.4, -0.2) is 48.1 Å². The Labute approximate surface area is 350 Å². The summed E-state index contributed by atoms with van der Waals surface area (Å²) in [6, 6.07) is 22.0. The lowest BCUT2D eigenvalue weighted by Crippen LogP contribution is -2.16. The van der Waals surface area contributed by atoms with Crippen LogP contribution >= 0.6 is 11.6 Å². The highest BCUT2D eigenvalue weighted by molar-refractivity contribution is 6.61.